The maximum absolute atomic E-state index is 3.87. The summed E-state index contributed by atoms with van der Waals surface area (Å²) in [6.07, 6.45) is 12.4. The van der Waals surface area contributed by atoms with Crippen LogP contribution in [0.1, 0.15) is 33.4 Å². The van der Waals surface area contributed by atoms with Crippen LogP contribution in [0.4, 0.5) is 0 Å². The van der Waals surface area contributed by atoms with Gasteiger partial charge < -0.3 is 0 Å². The number of hydrogen-bond donors (Lipinski definition) is 0. The quantitative estimate of drug-likeness (QED) is 0.456. The highest BCUT2D eigenvalue weighted by atomic mass is 14.1. The van der Waals surface area contributed by atoms with Crippen molar-refractivity contribution in [3.63, 3.8) is 0 Å². The van der Waals surface area contributed by atoms with Gasteiger partial charge in [-0.15, -0.1) is 26.3 Å². The van der Waals surface area contributed by atoms with Crippen LogP contribution < -0.4 is 0 Å². The van der Waals surface area contributed by atoms with Crippen molar-refractivity contribution < 1.29 is 0 Å². The van der Waals surface area contributed by atoms with Crippen LogP contribution in [0.2, 0.25) is 0 Å². The first-order chi connectivity index (χ1) is 12.2. The molecule has 2 aromatic rings. The molecule has 0 radical (unpaired) electrons. The summed E-state index contributed by atoms with van der Waals surface area (Å²) in [6.45, 7) is 15.5. The van der Waals surface area contributed by atoms with E-state index in [4.69, 9.17) is 0 Å². The molecule has 0 heteroatoms. The van der Waals surface area contributed by atoms with Crippen LogP contribution in [0.3, 0.4) is 0 Å². The Morgan fingerprint density at radius 3 is 0.920 bits per heavy atom. The Bertz CT molecular complexity index is 640. The smallest absolute Gasteiger partial charge is 0.00254 e. The van der Waals surface area contributed by atoms with Crippen LogP contribution in [0.5, 0.6) is 0 Å². The van der Waals surface area contributed by atoms with E-state index in [2.05, 4.69) is 62.7 Å². The lowest BCUT2D eigenvalue weighted by molar-refractivity contribution is 1.10. The molecule has 0 unspecified atom stereocenters. The second kappa shape index (κ2) is 9.64. The van der Waals surface area contributed by atoms with E-state index in [-0.39, 0.29) is 0 Å². The highest BCUT2D eigenvalue weighted by Crippen LogP contribution is 2.19. The normalized spacial score (nSPS) is 10.2. The summed E-state index contributed by atoms with van der Waals surface area (Å²) in [5.41, 5.74) is 7.96. The Balaban J connectivity index is 2.36. The van der Waals surface area contributed by atoms with Gasteiger partial charge in [-0.2, -0.15) is 0 Å². The van der Waals surface area contributed by atoms with Crippen molar-refractivity contribution in [3.05, 3.63) is 120 Å². The van der Waals surface area contributed by atoms with Gasteiger partial charge in [-0.25, -0.2) is 0 Å². The molecule has 0 aliphatic heterocycles. The Kier molecular flexibility index (Phi) is 7.22. The SMILES string of the molecule is C=CCc1cc(CC=C)cc(Cc2cc(CC=C)cc(CC=C)c2)c1. The van der Waals surface area contributed by atoms with E-state index >= 15 is 0 Å². The van der Waals surface area contributed by atoms with Crippen molar-refractivity contribution in [1.29, 1.82) is 0 Å². The molecule has 128 valence electrons. The molecule has 0 N–H and O–H groups in total. The van der Waals surface area contributed by atoms with Crippen molar-refractivity contribution in [3.8, 4) is 0 Å². The molecular weight excluding hydrogens is 300 g/mol. The molecule has 2 aromatic carbocycles. The molecule has 0 saturated heterocycles. The highest BCUT2D eigenvalue weighted by molar-refractivity contribution is 5.39. The molecule has 0 spiro atoms. The van der Waals surface area contributed by atoms with Crippen molar-refractivity contribution in [2.24, 2.45) is 0 Å². The van der Waals surface area contributed by atoms with E-state index in [0.29, 0.717) is 0 Å². The molecule has 0 aliphatic carbocycles. The third-order valence-electron chi connectivity index (χ3n) is 4.15. The van der Waals surface area contributed by atoms with Gasteiger partial charge in [0.25, 0.3) is 0 Å². The summed E-state index contributed by atoms with van der Waals surface area (Å²) < 4.78 is 0. The average Bonchev–Trinajstić information content (AvgIpc) is 2.55. The Hall–Kier alpha value is -2.60. The van der Waals surface area contributed by atoms with Gasteiger partial charge in [0.15, 0.2) is 0 Å². The van der Waals surface area contributed by atoms with E-state index in [1.54, 1.807) is 0 Å². The molecule has 0 bridgehead atoms. The van der Waals surface area contributed by atoms with Gasteiger partial charge in [-0.05, 0) is 65.5 Å². The van der Waals surface area contributed by atoms with Gasteiger partial charge in [-0.3, -0.25) is 0 Å². The van der Waals surface area contributed by atoms with Crippen molar-refractivity contribution >= 4 is 0 Å². The number of benzene rings is 2. The third kappa shape index (κ3) is 5.76. The van der Waals surface area contributed by atoms with E-state index in [0.717, 1.165) is 32.1 Å². The van der Waals surface area contributed by atoms with E-state index < -0.39 is 0 Å². The third-order valence-corrected chi connectivity index (χ3v) is 4.15. The minimum absolute atomic E-state index is 0.899. The van der Waals surface area contributed by atoms with Crippen LogP contribution >= 0.6 is 0 Å². The molecule has 0 aliphatic rings. The summed E-state index contributed by atoms with van der Waals surface area (Å²) in [5, 5.41) is 0. The highest BCUT2D eigenvalue weighted by Gasteiger charge is 2.05. The number of hydrogen-bond acceptors (Lipinski definition) is 0. The van der Waals surface area contributed by atoms with E-state index in [1.807, 2.05) is 24.3 Å². The largest absolute Gasteiger partial charge is 0.103 e. The monoisotopic (exact) mass is 328 g/mol. The second-order valence-electron chi connectivity index (χ2n) is 6.46. The zero-order valence-electron chi connectivity index (χ0n) is 15.1. The molecule has 0 amide bonds. The van der Waals surface area contributed by atoms with Crippen molar-refractivity contribution in [2.75, 3.05) is 0 Å². The molecule has 0 saturated carbocycles. The standard InChI is InChI=1S/C25H28/c1-5-9-20-13-21(10-6-2)16-24(15-20)19-25-17-22(11-7-3)14-23(18-25)12-8-4/h5-8,13-18H,1-4,9-12,19H2. The summed E-state index contributed by atoms with van der Waals surface area (Å²) in [5.74, 6) is 0. The first-order valence-corrected chi connectivity index (χ1v) is 8.85. The van der Waals surface area contributed by atoms with E-state index in [9.17, 15) is 0 Å². The predicted octanol–water partition coefficient (Wildman–Crippen LogP) is 6.19. The number of allylic oxidation sites excluding steroid dienone is 4. The van der Waals surface area contributed by atoms with Crippen molar-refractivity contribution in [1.82, 2.24) is 0 Å². The van der Waals surface area contributed by atoms with Gasteiger partial charge in [-0.1, -0.05) is 60.7 Å². The number of rotatable bonds is 10. The fourth-order valence-corrected chi connectivity index (χ4v) is 3.26. The van der Waals surface area contributed by atoms with Gasteiger partial charge in [0.1, 0.15) is 0 Å². The lowest BCUT2D eigenvalue weighted by Crippen LogP contribution is -1.97. The first-order valence-electron chi connectivity index (χ1n) is 8.85. The Morgan fingerprint density at radius 2 is 0.680 bits per heavy atom. The van der Waals surface area contributed by atoms with Crippen LogP contribution in [-0.2, 0) is 32.1 Å². The first kappa shape index (κ1) is 18.7. The van der Waals surface area contributed by atoms with Gasteiger partial charge in [0.2, 0.25) is 0 Å². The minimum atomic E-state index is 0.899. The zero-order chi connectivity index (χ0) is 18.1. The fourth-order valence-electron chi connectivity index (χ4n) is 3.26. The van der Waals surface area contributed by atoms with Gasteiger partial charge >= 0.3 is 0 Å². The molecule has 0 aromatic heterocycles. The maximum Gasteiger partial charge on any atom is -0.00254 e. The maximum atomic E-state index is 3.87. The lowest BCUT2D eigenvalue weighted by Gasteiger charge is -2.11. The molecule has 0 fully saturated rings. The lowest BCUT2D eigenvalue weighted by atomic mass is 9.94. The minimum Gasteiger partial charge on any atom is -0.103 e. The zero-order valence-corrected chi connectivity index (χ0v) is 15.1. The predicted molar refractivity (Wildman–Crippen MR) is 111 cm³/mol. The average molecular weight is 328 g/mol. The molecular formula is C25H28. The topological polar surface area (TPSA) is 0 Å². The van der Waals surface area contributed by atoms with Crippen LogP contribution in [0.25, 0.3) is 0 Å². The molecule has 0 nitrogen and oxygen atoms in total. The summed E-state index contributed by atoms with van der Waals surface area (Å²) in [6, 6.07) is 13.7. The van der Waals surface area contributed by atoms with Gasteiger partial charge in [0, 0.05) is 0 Å². The molecule has 0 atom stereocenters. The summed E-state index contributed by atoms with van der Waals surface area (Å²) in [4.78, 5) is 0. The Labute approximate surface area is 152 Å². The fraction of sp³-hybridized carbons (Fsp3) is 0.200. The van der Waals surface area contributed by atoms with Crippen LogP contribution in [-0.4, -0.2) is 0 Å². The Morgan fingerprint density at radius 1 is 0.440 bits per heavy atom. The summed E-state index contributed by atoms with van der Waals surface area (Å²) >= 11 is 0. The van der Waals surface area contributed by atoms with Crippen molar-refractivity contribution in [2.45, 2.75) is 32.1 Å². The molecule has 0 heterocycles. The van der Waals surface area contributed by atoms with Crippen LogP contribution in [0, 0.1) is 0 Å². The van der Waals surface area contributed by atoms with Gasteiger partial charge in [0.05, 0.1) is 0 Å². The summed E-state index contributed by atoms with van der Waals surface area (Å²) in [7, 11) is 0. The van der Waals surface area contributed by atoms with E-state index in [1.165, 1.54) is 33.4 Å². The molecule has 25 heavy (non-hydrogen) atoms. The van der Waals surface area contributed by atoms with Crippen LogP contribution in [0.15, 0.2) is 87.0 Å². The second-order valence-corrected chi connectivity index (χ2v) is 6.46. The molecule has 2 rings (SSSR count).